The van der Waals surface area contributed by atoms with Crippen LogP contribution in [0.4, 0.5) is 21.0 Å². The van der Waals surface area contributed by atoms with Crippen molar-refractivity contribution in [1.82, 2.24) is 9.80 Å². The van der Waals surface area contributed by atoms with Crippen LogP contribution in [0.2, 0.25) is 0 Å². The molecule has 1 saturated heterocycles. The van der Waals surface area contributed by atoms with E-state index < -0.39 is 35.5 Å². The van der Waals surface area contributed by atoms with E-state index in [1.165, 1.54) is 7.11 Å². The summed E-state index contributed by atoms with van der Waals surface area (Å²) in [5, 5.41) is 15.6. The van der Waals surface area contributed by atoms with Crippen LogP contribution in [0.3, 0.4) is 0 Å². The molecule has 0 unspecified atom stereocenters. The van der Waals surface area contributed by atoms with Gasteiger partial charge in [0.1, 0.15) is 17.3 Å². The van der Waals surface area contributed by atoms with E-state index in [9.17, 15) is 24.3 Å². The van der Waals surface area contributed by atoms with Gasteiger partial charge in [-0.3, -0.25) is 4.79 Å². The van der Waals surface area contributed by atoms with E-state index in [2.05, 4.69) is 10.6 Å². The summed E-state index contributed by atoms with van der Waals surface area (Å²) in [6.45, 7) is 5.76. The number of aliphatic carboxylic acids is 1. The molecule has 40 heavy (non-hydrogen) atoms. The molecule has 1 aliphatic heterocycles. The Labute approximate surface area is 234 Å². The molecule has 5 amide bonds. The van der Waals surface area contributed by atoms with Gasteiger partial charge in [0.2, 0.25) is 0 Å². The van der Waals surface area contributed by atoms with Gasteiger partial charge >= 0.3 is 18.0 Å². The summed E-state index contributed by atoms with van der Waals surface area (Å²) in [4.78, 5) is 54.9. The number of rotatable bonds is 9. The van der Waals surface area contributed by atoms with Crippen molar-refractivity contribution >= 4 is 35.3 Å². The number of para-hydroxylation sites is 1. The summed E-state index contributed by atoms with van der Waals surface area (Å²) in [6.07, 6.45) is 3.72. The number of hydrogen-bond acceptors (Lipinski definition) is 5. The Morgan fingerprint density at radius 3 is 2.33 bits per heavy atom. The molecular formula is C30H38N4O6. The molecular weight excluding hydrogens is 512 g/mol. The molecule has 2 aromatic rings. The lowest BCUT2D eigenvalue weighted by molar-refractivity contribution is -0.149. The molecule has 1 saturated carbocycles. The number of hydrogen-bond donors (Lipinski definition) is 3. The summed E-state index contributed by atoms with van der Waals surface area (Å²) in [5.74, 6) is -1.20. The maximum atomic E-state index is 13.8. The molecule has 214 valence electrons. The maximum Gasteiger partial charge on any atom is 0.328 e. The largest absolute Gasteiger partial charge is 0.495 e. The lowest BCUT2D eigenvalue weighted by Gasteiger charge is -2.38. The standard InChI is InChI=1S/C30H38N4O6/c1-19(2)16-24(26(35)36)34-27(37)30(14-8-5-9-15-30)33(29(34)39)18-21-12-13-23(25(17-21)40-4)32-28(38)31-22-11-7-6-10-20(22)3/h6-7,10-13,17,19,24H,5,8-9,14-16,18H2,1-4H3,(H,35,36)(H2,31,32,38)/t24-/m0/s1. The van der Waals surface area contributed by atoms with E-state index in [1.807, 2.05) is 45.0 Å². The molecule has 0 radical (unpaired) electrons. The number of anilines is 2. The lowest BCUT2D eigenvalue weighted by atomic mass is 9.80. The normalized spacial score (nSPS) is 17.3. The van der Waals surface area contributed by atoms with Crippen LogP contribution in [0.25, 0.3) is 0 Å². The minimum atomic E-state index is -1.21. The number of imide groups is 1. The van der Waals surface area contributed by atoms with Crippen LogP contribution in [0.1, 0.15) is 63.5 Å². The van der Waals surface area contributed by atoms with E-state index in [0.717, 1.165) is 29.7 Å². The predicted octanol–water partition coefficient (Wildman–Crippen LogP) is 5.61. The third-order valence-corrected chi connectivity index (χ3v) is 7.79. The van der Waals surface area contributed by atoms with Gasteiger partial charge < -0.3 is 25.4 Å². The molecule has 0 bridgehead atoms. The van der Waals surface area contributed by atoms with Gasteiger partial charge in [-0.15, -0.1) is 0 Å². The number of aryl methyl sites for hydroxylation is 1. The number of amides is 5. The minimum Gasteiger partial charge on any atom is -0.495 e. The van der Waals surface area contributed by atoms with E-state index >= 15 is 0 Å². The highest BCUT2D eigenvalue weighted by Gasteiger charge is 2.59. The maximum absolute atomic E-state index is 13.8. The molecule has 4 rings (SSSR count). The molecule has 0 aromatic heterocycles. The molecule has 3 N–H and O–H groups in total. The Bertz CT molecular complexity index is 1290. The van der Waals surface area contributed by atoms with Gasteiger partial charge in [-0.1, -0.05) is 57.4 Å². The van der Waals surface area contributed by atoms with Gasteiger partial charge in [0.15, 0.2) is 0 Å². The van der Waals surface area contributed by atoms with Gasteiger partial charge in [0.05, 0.1) is 12.8 Å². The second kappa shape index (κ2) is 12.0. The summed E-state index contributed by atoms with van der Waals surface area (Å²) in [6, 6.07) is 10.4. The van der Waals surface area contributed by atoms with Crippen molar-refractivity contribution in [1.29, 1.82) is 0 Å². The van der Waals surface area contributed by atoms with E-state index in [-0.39, 0.29) is 18.9 Å². The molecule has 1 atom stereocenters. The molecule has 1 heterocycles. The quantitative estimate of drug-likeness (QED) is 0.348. The van der Waals surface area contributed by atoms with Crippen molar-refractivity contribution in [3.8, 4) is 5.75 Å². The number of carbonyl (C=O) groups is 4. The Morgan fingerprint density at radius 1 is 1.02 bits per heavy atom. The Balaban J connectivity index is 1.59. The van der Waals surface area contributed by atoms with Gasteiger partial charge in [0, 0.05) is 12.2 Å². The highest BCUT2D eigenvalue weighted by atomic mass is 16.5. The van der Waals surface area contributed by atoms with Crippen LogP contribution >= 0.6 is 0 Å². The first-order valence-electron chi connectivity index (χ1n) is 13.8. The number of benzene rings is 2. The first-order valence-corrected chi connectivity index (χ1v) is 13.8. The zero-order valence-electron chi connectivity index (χ0n) is 23.5. The number of methoxy groups -OCH3 is 1. The van der Waals surface area contributed by atoms with E-state index in [0.29, 0.717) is 35.5 Å². The number of nitrogens with one attached hydrogen (secondary N) is 2. The van der Waals surface area contributed by atoms with Crippen molar-refractivity contribution in [3.05, 3.63) is 53.6 Å². The van der Waals surface area contributed by atoms with Crippen molar-refractivity contribution < 1.29 is 29.0 Å². The minimum absolute atomic E-state index is 0.00892. The molecule has 2 aliphatic rings. The van der Waals surface area contributed by atoms with Crippen molar-refractivity contribution in [2.45, 2.75) is 77.4 Å². The molecule has 1 aliphatic carbocycles. The highest BCUT2D eigenvalue weighted by Crippen LogP contribution is 2.43. The van der Waals surface area contributed by atoms with Gasteiger partial charge in [-0.2, -0.15) is 0 Å². The Morgan fingerprint density at radius 2 is 1.70 bits per heavy atom. The molecule has 10 heteroatoms. The fourth-order valence-corrected chi connectivity index (χ4v) is 5.73. The summed E-state index contributed by atoms with van der Waals surface area (Å²) in [5.41, 5.74) is 1.70. The smallest absolute Gasteiger partial charge is 0.328 e. The molecule has 10 nitrogen and oxygen atoms in total. The predicted molar refractivity (Wildman–Crippen MR) is 151 cm³/mol. The van der Waals surface area contributed by atoms with Crippen LogP contribution in [0.15, 0.2) is 42.5 Å². The van der Waals surface area contributed by atoms with Gasteiger partial charge in [0.25, 0.3) is 5.91 Å². The van der Waals surface area contributed by atoms with Gasteiger partial charge in [-0.05, 0) is 61.4 Å². The topological polar surface area (TPSA) is 128 Å². The van der Waals surface area contributed by atoms with Crippen LogP contribution < -0.4 is 15.4 Å². The zero-order chi connectivity index (χ0) is 29.0. The monoisotopic (exact) mass is 550 g/mol. The van der Waals surface area contributed by atoms with Crippen LogP contribution in [-0.2, 0) is 16.1 Å². The number of carboxylic acids is 1. The molecule has 1 spiro atoms. The number of ether oxygens (including phenoxy) is 1. The average molecular weight is 551 g/mol. The fourth-order valence-electron chi connectivity index (χ4n) is 5.73. The fraction of sp³-hybridized carbons (Fsp3) is 0.467. The van der Waals surface area contributed by atoms with E-state index in [4.69, 9.17) is 4.74 Å². The third-order valence-electron chi connectivity index (χ3n) is 7.79. The van der Waals surface area contributed by atoms with E-state index in [1.54, 1.807) is 23.1 Å². The first kappa shape index (κ1) is 28.9. The first-order chi connectivity index (χ1) is 19.1. The number of carbonyl (C=O) groups excluding carboxylic acids is 3. The second-order valence-electron chi connectivity index (χ2n) is 11.0. The summed E-state index contributed by atoms with van der Waals surface area (Å²) >= 11 is 0. The van der Waals surface area contributed by atoms with Gasteiger partial charge in [-0.25, -0.2) is 19.3 Å². The van der Waals surface area contributed by atoms with Crippen molar-refractivity contribution in [2.75, 3.05) is 17.7 Å². The Hall–Kier alpha value is -4.08. The average Bonchev–Trinajstić information content (AvgIpc) is 3.10. The van der Waals surface area contributed by atoms with Crippen molar-refractivity contribution in [2.24, 2.45) is 5.92 Å². The lowest BCUT2D eigenvalue weighted by Crippen LogP contribution is -2.51. The third kappa shape index (κ3) is 5.76. The van der Waals surface area contributed by atoms with Crippen LogP contribution in [-0.4, -0.2) is 57.5 Å². The number of nitrogens with zero attached hydrogens (tertiary/aromatic N) is 2. The molecule has 2 aromatic carbocycles. The SMILES string of the molecule is COc1cc(CN2C(=O)N([C@@H](CC(C)C)C(=O)O)C(=O)C23CCCCC3)ccc1NC(=O)Nc1ccccc1C. The van der Waals surface area contributed by atoms with Crippen molar-refractivity contribution in [3.63, 3.8) is 0 Å². The van der Waals surface area contributed by atoms with Crippen LogP contribution in [0.5, 0.6) is 5.75 Å². The zero-order valence-corrected chi connectivity index (χ0v) is 23.5. The number of carboxylic acid groups (broad SMARTS) is 1. The number of urea groups is 2. The summed E-state index contributed by atoms with van der Waals surface area (Å²) in [7, 11) is 1.49. The highest BCUT2D eigenvalue weighted by molar-refractivity contribution is 6.09. The molecule has 2 fully saturated rings. The Kier molecular flexibility index (Phi) is 8.66. The second-order valence-corrected chi connectivity index (χ2v) is 11.0. The van der Waals surface area contributed by atoms with Crippen LogP contribution in [0, 0.1) is 12.8 Å². The summed E-state index contributed by atoms with van der Waals surface area (Å²) < 4.78 is 5.54.